The van der Waals surface area contributed by atoms with Crippen LogP contribution in [0.25, 0.3) is 0 Å². The Morgan fingerprint density at radius 2 is 2.04 bits per heavy atom. The number of nitrogens with zero attached hydrogens (tertiary/aromatic N) is 3. The molecule has 0 radical (unpaired) electrons. The molecule has 7 heteroatoms. The molecule has 1 fully saturated rings. The first-order chi connectivity index (χ1) is 12.6. The molecule has 0 unspecified atom stereocenters. The number of rotatable bonds is 4. The van der Waals surface area contributed by atoms with Gasteiger partial charge in [0, 0.05) is 18.0 Å². The predicted molar refractivity (Wildman–Crippen MR) is 109 cm³/mol. The van der Waals surface area contributed by atoms with Gasteiger partial charge in [0.15, 0.2) is 10.9 Å². The molecule has 2 aliphatic heterocycles. The first kappa shape index (κ1) is 18.0. The SMILES string of the molecule is CC[C@@H]1CSC2=N[C@@H](c3ccccn3)[C@@H](c3cc(Cl)c(OC)c(Cl)c3)N21. The summed E-state index contributed by atoms with van der Waals surface area (Å²) in [5, 5.41) is 2.12. The molecule has 1 aromatic heterocycles. The van der Waals surface area contributed by atoms with Crippen molar-refractivity contribution in [2.75, 3.05) is 12.9 Å². The van der Waals surface area contributed by atoms with Crippen LogP contribution < -0.4 is 4.74 Å². The summed E-state index contributed by atoms with van der Waals surface area (Å²) in [6, 6.07) is 10.2. The van der Waals surface area contributed by atoms with Gasteiger partial charge in [0.1, 0.15) is 6.04 Å². The number of aliphatic imine (C=N–C) groups is 1. The number of hydrogen-bond acceptors (Lipinski definition) is 5. The molecule has 0 saturated carbocycles. The molecule has 0 amide bonds. The highest BCUT2D eigenvalue weighted by atomic mass is 35.5. The van der Waals surface area contributed by atoms with Crippen molar-refractivity contribution in [2.45, 2.75) is 31.5 Å². The lowest BCUT2D eigenvalue weighted by Gasteiger charge is -2.32. The van der Waals surface area contributed by atoms with Crippen LogP contribution in [0, 0.1) is 0 Å². The lowest BCUT2D eigenvalue weighted by Crippen LogP contribution is -2.35. The number of methoxy groups -OCH3 is 1. The van der Waals surface area contributed by atoms with Gasteiger partial charge in [-0.25, -0.2) is 0 Å². The lowest BCUT2D eigenvalue weighted by atomic mass is 9.95. The predicted octanol–water partition coefficient (Wildman–Crippen LogP) is 5.38. The standard InChI is InChI=1S/C19H19Cl2N3OS/c1-3-12-10-26-19-23-16(15-6-4-5-7-22-15)17(24(12)19)11-8-13(20)18(25-2)14(21)9-11/h4-9,12,16-17H,3,10H2,1-2H3/t12-,16+,17-/m1/s1. The van der Waals surface area contributed by atoms with Crippen molar-refractivity contribution < 1.29 is 4.74 Å². The lowest BCUT2D eigenvalue weighted by molar-refractivity contribution is 0.255. The van der Waals surface area contributed by atoms with Gasteiger partial charge in [0.25, 0.3) is 0 Å². The third kappa shape index (κ3) is 2.96. The topological polar surface area (TPSA) is 37.7 Å². The summed E-state index contributed by atoms with van der Waals surface area (Å²) in [6.45, 7) is 2.22. The second-order valence-electron chi connectivity index (χ2n) is 6.35. The second-order valence-corrected chi connectivity index (χ2v) is 8.16. The third-order valence-electron chi connectivity index (χ3n) is 4.90. The largest absolute Gasteiger partial charge is 0.494 e. The van der Waals surface area contributed by atoms with Crippen LogP contribution in [0.2, 0.25) is 10.0 Å². The zero-order valence-electron chi connectivity index (χ0n) is 14.5. The van der Waals surface area contributed by atoms with E-state index in [1.165, 1.54) is 0 Å². The fourth-order valence-electron chi connectivity index (χ4n) is 3.66. The fraction of sp³-hybridized carbons (Fsp3) is 0.368. The first-order valence-electron chi connectivity index (χ1n) is 8.56. The van der Waals surface area contributed by atoms with Gasteiger partial charge in [-0.15, -0.1) is 0 Å². The Hall–Kier alpha value is -1.43. The van der Waals surface area contributed by atoms with Gasteiger partial charge in [-0.2, -0.15) is 0 Å². The summed E-state index contributed by atoms with van der Waals surface area (Å²) in [5.74, 6) is 1.56. The maximum atomic E-state index is 6.43. The highest BCUT2D eigenvalue weighted by molar-refractivity contribution is 8.14. The number of ether oxygens (including phenoxy) is 1. The summed E-state index contributed by atoms with van der Waals surface area (Å²) in [6.07, 6.45) is 2.88. The number of halogens is 2. The molecule has 2 aromatic rings. The Morgan fingerprint density at radius 3 is 2.65 bits per heavy atom. The minimum absolute atomic E-state index is 0.0285. The normalized spacial score (nSPS) is 24.5. The van der Waals surface area contributed by atoms with Crippen molar-refractivity contribution in [2.24, 2.45) is 4.99 Å². The highest BCUT2D eigenvalue weighted by Crippen LogP contribution is 2.50. The Bertz CT molecular complexity index is 823. The molecule has 1 saturated heterocycles. The van der Waals surface area contributed by atoms with E-state index in [9.17, 15) is 0 Å². The number of thioether (sulfide) groups is 1. The number of benzene rings is 1. The van der Waals surface area contributed by atoms with Crippen LogP contribution in [0.3, 0.4) is 0 Å². The fourth-order valence-corrected chi connectivity index (χ4v) is 5.65. The first-order valence-corrected chi connectivity index (χ1v) is 10.3. The van der Waals surface area contributed by atoms with E-state index in [-0.39, 0.29) is 12.1 Å². The number of hydrogen-bond donors (Lipinski definition) is 0. The van der Waals surface area contributed by atoms with Crippen LogP contribution in [0.5, 0.6) is 5.75 Å². The van der Waals surface area contributed by atoms with Gasteiger partial charge < -0.3 is 9.64 Å². The van der Waals surface area contributed by atoms with E-state index in [0.717, 1.165) is 28.6 Å². The number of amidine groups is 1. The van der Waals surface area contributed by atoms with Crippen LogP contribution in [0.1, 0.15) is 36.7 Å². The van der Waals surface area contributed by atoms with Crippen molar-refractivity contribution in [3.05, 3.63) is 57.8 Å². The molecule has 136 valence electrons. The van der Waals surface area contributed by atoms with E-state index in [1.54, 1.807) is 7.11 Å². The molecule has 26 heavy (non-hydrogen) atoms. The van der Waals surface area contributed by atoms with Crippen molar-refractivity contribution in [1.29, 1.82) is 0 Å². The molecule has 3 heterocycles. The van der Waals surface area contributed by atoms with Crippen LogP contribution >= 0.6 is 35.0 Å². The molecule has 4 nitrogen and oxygen atoms in total. The van der Waals surface area contributed by atoms with Gasteiger partial charge in [0.05, 0.1) is 28.9 Å². The molecule has 2 aliphatic rings. The summed E-state index contributed by atoms with van der Waals surface area (Å²) in [4.78, 5) is 12.0. The van der Waals surface area contributed by atoms with E-state index in [2.05, 4.69) is 16.8 Å². The Morgan fingerprint density at radius 1 is 1.27 bits per heavy atom. The van der Waals surface area contributed by atoms with Crippen molar-refractivity contribution in [3.8, 4) is 5.75 Å². The maximum Gasteiger partial charge on any atom is 0.160 e. The maximum absolute atomic E-state index is 6.43. The molecule has 1 aromatic carbocycles. The summed E-state index contributed by atoms with van der Waals surface area (Å²) in [5.41, 5.74) is 1.99. The third-order valence-corrected chi connectivity index (χ3v) is 6.58. The van der Waals surface area contributed by atoms with Gasteiger partial charge in [-0.3, -0.25) is 9.98 Å². The zero-order valence-corrected chi connectivity index (χ0v) is 16.9. The minimum atomic E-state index is -0.0754. The number of pyridine rings is 1. The van der Waals surface area contributed by atoms with E-state index in [0.29, 0.717) is 21.8 Å². The second kappa shape index (κ2) is 7.29. The molecular formula is C19H19Cl2N3OS. The van der Waals surface area contributed by atoms with E-state index in [4.69, 9.17) is 32.9 Å². The molecule has 3 atom stereocenters. The van der Waals surface area contributed by atoms with E-state index >= 15 is 0 Å². The smallest absolute Gasteiger partial charge is 0.160 e. The minimum Gasteiger partial charge on any atom is -0.494 e. The van der Waals surface area contributed by atoms with Crippen LogP contribution in [0.15, 0.2) is 41.5 Å². The Balaban J connectivity index is 1.82. The molecule has 4 rings (SSSR count). The molecule has 0 aliphatic carbocycles. The van der Waals surface area contributed by atoms with Crippen LogP contribution in [-0.2, 0) is 0 Å². The van der Waals surface area contributed by atoms with Gasteiger partial charge in [0.2, 0.25) is 0 Å². The highest BCUT2D eigenvalue weighted by Gasteiger charge is 2.45. The average molecular weight is 408 g/mol. The van der Waals surface area contributed by atoms with Gasteiger partial charge in [-0.1, -0.05) is 48.0 Å². The quantitative estimate of drug-likeness (QED) is 0.681. The zero-order chi connectivity index (χ0) is 18.3. The Labute approximate surface area is 167 Å². The van der Waals surface area contributed by atoms with Crippen molar-refractivity contribution >= 4 is 40.1 Å². The van der Waals surface area contributed by atoms with E-state index < -0.39 is 0 Å². The summed E-state index contributed by atoms with van der Waals surface area (Å²) < 4.78 is 5.31. The molecular weight excluding hydrogens is 389 g/mol. The number of aromatic nitrogens is 1. The molecule has 0 bridgehead atoms. The van der Waals surface area contributed by atoms with Crippen molar-refractivity contribution in [3.63, 3.8) is 0 Å². The summed E-state index contributed by atoms with van der Waals surface area (Å²) in [7, 11) is 1.57. The Kier molecular flexibility index (Phi) is 5.04. The van der Waals surface area contributed by atoms with Gasteiger partial charge >= 0.3 is 0 Å². The van der Waals surface area contributed by atoms with Crippen LogP contribution in [0.4, 0.5) is 0 Å². The summed E-state index contributed by atoms with van der Waals surface area (Å²) >= 11 is 14.7. The monoisotopic (exact) mass is 407 g/mol. The van der Waals surface area contributed by atoms with E-state index in [1.807, 2.05) is 48.3 Å². The van der Waals surface area contributed by atoms with Crippen molar-refractivity contribution in [1.82, 2.24) is 9.88 Å². The average Bonchev–Trinajstić information content (AvgIpc) is 3.21. The van der Waals surface area contributed by atoms with Gasteiger partial charge in [-0.05, 0) is 36.2 Å². The molecule has 0 N–H and O–H groups in total. The van der Waals surface area contributed by atoms with Crippen LogP contribution in [-0.4, -0.2) is 34.0 Å². The molecule has 0 spiro atoms. The number of fused-ring (bicyclic) bond motifs is 1.